The summed E-state index contributed by atoms with van der Waals surface area (Å²) in [4.78, 5) is 11.9. The molecule has 0 aliphatic carbocycles. The highest BCUT2D eigenvalue weighted by Crippen LogP contribution is 2.10. The summed E-state index contributed by atoms with van der Waals surface area (Å²) in [5.41, 5.74) is 2.96. The Labute approximate surface area is 103 Å². The predicted molar refractivity (Wildman–Crippen MR) is 69.1 cm³/mol. The van der Waals surface area contributed by atoms with Gasteiger partial charge >= 0.3 is 0 Å². The minimum atomic E-state index is -0.0825. The van der Waals surface area contributed by atoms with E-state index in [4.69, 9.17) is 5.11 Å². The molecule has 0 spiro atoms. The Morgan fingerprint density at radius 2 is 1.94 bits per heavy atom. The topological polar surface area (TPSA) is 49.3 Å². The molecule has 1 amide bonds. The van der Waals surface area contributed by atoms with E-state index >= 15 is 0 Å². The quantitative estimate of drug-likeness (QED) is 0.839. The van der Waals surface area contributed by atoms with Crippen LogP contribution in [0.3, 0.4) is 0 Å². The van der Waals surface area contributed by atoms with E-state index in [1.807, 2.05) is 45.9 Å². The van der Waals surface area contributed by atoms with E-state index in [1.54, 1.807) is 0 Å². The third-order valence-electron chi connectivity index (χ3n) is 3.27. The number of carbonyl (C=O) groups is 1. The third kappa shape index (κ3) is 3.56. The van der Waals surface area contributed by atoms with Gasteiger partial charge in [-0.25, -0.2) is 0 Å². The average Bonchev–Trinajstić information content (AvgIpc) is 2.31. The minimum Gasteiger partial charge on any atom is -0.396 e. The molecule has 1 aromatic rings. The van der Waals surface area contributed by atoms with Crippen molar-refractivity contribution in [1.82, 2.24) is 5.32 Å². The maximum absolute atomic E-state index is 11.9. The first-order valence-electron chi connectivity index (χ1n) is 5.94. The first-order chi connectivity index (χ1) is 7.95. The number of nitrogens with one attached hydrogen (secondary N) is 1. The zero-order valence-corrected chi connectivity index (χ0v) is 10.9. The van der Waals surface area contributed by atoms with Crippen molar-refractivity contribution in [3.8, 4) is 0 Å². The predicted octanol–water partition coefficient (Wildman–Crippen LogP) is 2.05. The van der Waals surface area contributed by atoms with Crippen LogP contribution in [0.2, 0.25) is 0 Å². The Morgan fingerprint density at radius 1 is 1.29 bits per heavy atom. The van der Waals surface area contributed by atoms with Crippen LogP contribution in [0.5, 0.6) is 0 Å². The van der Waals surface area contributed by atoms with Gasteiger partial charge in [0, 0.05) is 18.2 Å². The molecule has 3 nitrogen and oxygen atoms in total. The molecule has 1 aromatic carbocycles. The molecule has 2 unspecified atom stereocenters. The molecule has 0 bridgehead atoms. The molecule has 0 saturated carbocycles. The lowest BCUT2D eigenvalue weighted by Crippen LogP contribution is -2.38. The SMILES string of the molecule is Cc1ccc(C(=O)NC(C)C(C)CO)cc1C. The van der Waals surface area contributed by atoms with Gasteiger partial charge in [0.15, 0.2) is 0 Å². The van der Waals surface area contributed by atoms with Gasteiger partial charge in [0.25, 0.3) is 5.91 Å². The number of carbonyl (C=O) groups excluding carboxylic acids is 1. The third-order valence-corrected chi connectivity index (χ3v) is 3.27. The van der Waals surface area contributed by atoms with E-state index in [0.717, 1.165) is 5.56 Å². The number of aliphatic hydroxyl groups is 1. The van der Waals surface area contributed by atoms with Crippen LogP contribution in [0.15, 0.2) is 18.2 Å². The van der Waals surface area contributed by atoms with Crippen molar-refractivity contribution in [2.24, 2.45) is 5.92 Å². The monoisotopic (exact) mass is 235 g/mol. The van der Waals surface area contributed by atoms with Gasteiger partial charge in [-0.2, -0.15) is 0 Å². The summed E-state index contributed by atoms with van der Waals surface area (Å²) in [5.74, 6) is -0.0219. The fourth-order valence-electron chi connectivity index (χ4n) is 1.47. The molecule has 0 aromatic heterocycles. The summed E-state index contributed by atoms with van der Waals surface area (Å²) < 4.78 is 0. The zero-order valence-electron chi connectivity index (χ0n) is 10.9. The van der Waals surface area contributed by atoms with Gasteiger partial charge in [0.2, 0.25) is 0 Å². The molecule has 0 aliphatic rings. The maximum Gasteiger partial charge on any atom is 0.251 e. The first-order valence-corrected chi connectivity index (χ1v) is 5.94. The van der Waals surface area contributed by atoms with E-state index in [9.17, 15) is 4.79 Å². The smallest absolute Gasteiger partial charge is 0.251 e. The molecule has 2 atom stereocenters. The molecule has 0 aliphatic heterocycles. The average molecular weight is 235 g/mol. The summed E-state index contributed by atoms with van der Waals surface area (Å²) in [7, 11) is 0. The van der Waals surface area contributed by atoms with Crippen LogP contribution in [-0.4, -0.2) is 23.7 Å². The zero-order chi connectivity index (χ0) is 13.0. The summed E-state index contributed by atoms with van der Waals surface area (Å²) in [6, 6.07) is 5.63. The van der Waals surface area contributed by atoms with Gasteiger partial charge in [0.1, 0.15) is 0 Å². The molecule has 0 heterocycles. The highest BCUT2D eigenvalue weighted by Gasteiger charge is 2.15. The molecule has 0 fully saturated rings. The number of rotatable bonds is 4. The summed E-state index contributed by atoms with van der Waals surface area (Å²) in [6.07, 6.45) is 0. The maximum atomic E-state index is 11.9. The second-order valence-corrected chi connectivity index (χ2v) is 4.72. The van der Waals surface area contributed by atoms with E-state index in [0.29, 0.717) is 5.56 Å². The van der Waals surface area contributed by atoms with Crippen molar-refractivity contribution < 1.29 is 9.90 Å². The number of benzene rings is 1. The second-order valence-electron chi connectivity index (χ2n) is 4.72. The molecule has 2 N–H and O–H groups in total. The molecule has 0 saturated heterocycles. The lowest BCUT2D eigenvalue weighted by atomic mass is 10.0. The lowest BCUT2D eigenvalue weighted by Gasteiger charge is -2.19. The number of hydrogen-bond donors (Lipinski definition) is 2. The normalized spacial score (nSPS) is 14.2. The van der Waals surface area contributed by atoms with Crippen LogP contribution in [0.1, 0.15) is 35.3 Å². The number of aliphatic hydroxyl groups excluding tert-OH is 1. The number of aryl methyl sites for hydroxylation is 2. The van der Waals surface area contributed by atoms with Crippen molar-refractivity contribution in [2.75, 3.05) is 6.61 Å². The highest BCUT2D eigenvalue weighted by molar-refractivity contribution is 5.94. The molecule has 3 heteroatoms. The van der Waals surface area contributed by atoms with Crippen LogP contribution in [0, 0.1) is 19.8 Å². The van der Waals surface area contributed by atoms with E-state index in [2.05, 4.69) is 5.32 Å². The molecule has 17 heavy (non-hydrogen) atoms. The van der Waals surface area contributed by atoms with Crippen LogP contribution >= 0.6 is 0 Å². The Bertz CT molecular complexity index is 401. The van der Waals surface area contributed by atoms with Crippen molar-refractivity contribution in [2.45, 2.75) is 33.7 Å². The summed E-state index contributed by atoms with van der Waals surface area (Å²) >= 11 is 0. The molecule has 94 valence electrons. The van der Waals surface area contributed by atoms with Crippen molar-refractivity contribution in [3.63, 3.8) is 0 Å². The van der Waals surface area contributed by atoms with E-state index < -0.39 is 0 Å². The standard InChI is InChI=1S/C14H21NO2/c1-9-5-6-13(7-10(9)2)14(17)15-12(4)11(3)8-16/h5-7,11-12,16H,8H2,1-4H3,(H,15,17). The number of hydrogen-bond acceptors (Lipinski definition) is 2. The van der Waals surface area contributed by atoms with E-state index in [-0.39, 0.29) is 24.5 Å². The Hall–Kier alpha value is -1.35. The minimum absolute atomic E-state index is 0.0332. The molecular weight excluding hydrogens is 214 g/mol. The van der Waals surface area contributed by atoms with E-state index in [1.165, 1.54) is 5.56 Å². The molecule has 0 radical (unpaired) electrons. The Morgan fingerprint density at radius 3 is 2.47 bits per heavy atom. The number of amides is 1. The van der Waals surface area contributed by atoms with Crippen LogP contribution in [0.4, 0.5) is 0 Å². The Balaban J connectivity index is 2.73. The van der Waals surface area contributed by atoms with Crippen LogP contribution in [0.25, 0.3) is 0 Å². The highest BCUT2D eigenvalue weighted by atomic mass is 16.3. The lowest BCUT2D eigenvalue weighted by molar-refractivity contribution is 0.0916. The van der Waals surface area contributed by atoms with Gasteiger partial charge in [-0.15, -0.1) is 0 Å². The van der Waals surface area contributed by atoms with Gasteiger partial charge in [-0.3, -0.25) is 4.79 Å². The van der Waals surface area contributed by atoms with Crippen molar-refractivity contribution in [1.29, 1.82) is 0 Å². The van der Waals surface area contributed by atoms with Gasteiger partial charge in [-0.1, -0.05) is 13.0 Å². The van der Waals surface area contributed by atoms with Crippen LogP contribution in [-0.2, 0) is 0 Å². The van der Waals surface area contributed by atoms with Crippen molar-refractivity contribution in [3.05, 3.63) is 34.9 Å². The van der Waals surface area contributed by atoms with Gasteiger partial charge in [-0.05, 0) is 49.9 Å². The fourth-order valence-corrected chi connectivity index (χ4v) is 1.47. The summed E-state index contributed by atoms with van der Waals surface area (Å²) in [6.45, 7) is 7.90. The Kier molecular flexibility index (Phi) is 4.70. The summed E-state index contributed by atoms with van der Waals surface area (Å²) in [5, 5.41) is 11.9. The second kappa shape index (κ2) is 5.82. The van der Waals surface area contributed by atoms with Crippen LogP contribution < -0.4 is 5.32 Å². The first kappa shape index (κ1) is 13.7. The van der Waals surface area contributed by atoms with Gasteiger partial charge in [0.05, 0.1) is 0 Å². The largest absolute Gasteiger partial charge is 0.396 e. The molecule has 1 rings (SSSR count). The van der Waals surface area contributed by atoms with Gasteiger partial charge < -0.3 is 10.4 Å². The molecular formula is C14H21NO2. The van der Waals surface area contributed by atoms with Crippen molar-refractivity contribution >= 4 is 5.91 Å². The fraction of sp³-hybridized carbons (Fsp3) is 0.500.